The van der Waals surface area contributed by atoms with E-state index in [9.17, 15) is 4.79 Å². The van der Waals surface area contributed by atoms with Crippen molar-refractivity contribution in [3.63, 3.8) is 0 Å². The molecule has 0 aliphatic heterocycles. The van der Waals surface area contributed by atoms with E-state index < -0.39 is 0 Å². The van der Waals surface area contributed by atoms with Crippen molar-refractivity contribution in [2.45, 2.75) is 20.8 Å². The fraction of sp³-hybridized carbons (Fsp3) is 0.500. The van der Waals surface area contributed by atoms with E-state index >= 15 is 0 Å². The van der Waals surface area contributed by atoms with Crippen LogP contribution in [0, 0.1) is 6.92 Å². The summed E-state index contributed by atoms with van der Waals surface area (Å²) in [5, 5.41) is 0. The molecule has 0 aliphatic carbocycles. The van der Waals surface area contributed by atoms with Crippen LogP contribution in [0.15, 0.2) is 18.2 Å². The van der Waals surface area contributed by atoms with E-state index in [4.69, 9.17) is 0 Å². The van der Waals surface area contributed by atoms with Gasteiger partial charge in [-0.05, 0) is 44.5 Å². The van der Waals surface area contributed by atoms with Gasteiger partial charge in [-0.3, -0.25) is 4.79 Å². The van der Waals surface area contributed by atoms with Crippen molar-refractivity contribution in [2.75, 3.05) is 32.1 Å². The minimum absolute atomic E-state index is 0.114. The van der Waals surface area contributed by atoms with Crippen LogP contribution < -0.4 is 4.90 Å². The molecule has 3 nitrogen and oxygen atoms in total. The maximum Gasteiger partial charge on any atom is 0.253 e. The molecule has 1 amide bonds. The molecule has 0 N–H and O–H groups in total. The lowest BCUT2D eigenvalue weighted by atomic mass is 10.1. The van der Waals surface area contributed by atoms with Crippen LogP contribution in [-0.4, -0.2) is 38.0 Å². The van der Waals surface area contributed by atoms with Crippen LogP contribution in [0.25, 0.3) is 0 Å². The van der Waals surface area contributed by atoms with Crippen molar-refractivity contribution >= 4 is 11.6 Å². The van der Waals surface area contributed by atoms with Gasteiger partial charge < -0.3 is 9.80 Å². The van der Waals surface area contributed by atoms with Gasteiger partial charge >= 0.3 is 0 Å². The molecule has 1 aromatic rings. The Bertz CT molecular complexity index is 395. The molecule has 0 aliphatic rings. The summed E-state index contributed by atoms with van der Waals surface area (Å²) in [5.74, 6) is 0.114. The summed E-state index contributed by atoms with van der Waals surface area (Å²) in [6.07, 6.45) is 0. The monoisotopic (exact) mass is 234 g/mol. The lowest BCUT2D eigenvalue weighted by Crippen LogP contribution is -2.30. The zero-order valence-corrected chi connectivity index (χ0v) is 11.4. The number of rotatable bonds is 4. The minimum Gasteiger partial charge on any atom is -0.377 e. The van der Waals surface area contributed by atoms with Crippen LogP contribution in [-0.2, 0) is 0 Å². The second kappa shape index (κ2) is 5.71. The Morgan fingerprint density at radius 2 is 1.76 bits per heavy atom. The first kappa shape index (κ1) is 13.6. The Kier molecular flexibility index (Phi) is 4.55. The molecule has 0 spiro atoms. The number of hydrogen-bond donors (Lipinski definition) is 0. The molecule has 0 radical (unpaired) electrons. The van der Waals surface area contributed by atoms with Crippen LogP contribution in [0.1, 0.15) is 29.8 Å². The summed E-state index contributed by atoms with van der Waals surface area (Å²) in [7, 11) is 4.02. The zero-order valence-electron chi connectivity index (χ0n) is 11.4. The van der Waals surface area contributed by atoms with Gasteiger partial charge in [0.25, 0.3) is 5.91 Å². The van der Waals surface area contributed by atoms with Gasteiger partial charge in [0.2, 0.25) is 0 Å². The molecule has 17 heavy (non-hydrogen) atoms. The highest BCUT2D eigenvalue weighted by Crippen LogP contribution is 2.19. The highest BCUT2D eigenvalue weighted by molar-refractivity contribution is 5.94. The van der Waals surface area contributed by atoms with Gasteiger partial charge in [-0.25, -0.2) is 0 Å². The number of amides is 1. The molecule has 1 rings (SSSR count). The van der Waals surface area contributed by atoms with Crippen LogP contribution in [0.4, 0.5) is 5.69 Å². The first-order valence-corrected chi connectivity index (χ1v) is 6.08. The minimum atomic E-state index is 0.114. The number of benzene rings is 1. The summed E-state index contributed by atoms with van der Waals surface area (Å²) in [6, 6.07) is 5.88. The molecule has 0 heterocycles. The highest BCUT2D eigenvalue weighted by Gasteiger charge is 2.13. The summed E-state index contributed by atoms with van der Waals surface area (Å²) in [6.45, 7) is 7.55. The van der Waals surface area contributed by atoms with E-state index in [0.29, 0.717) is 0 Å². The van der Waals surface area contributed by atoms with Crippen LogP contribution >= 0.6 is 0 Å². The second-order valence-corrected chi connectivity index (χ2v) is 4.37. The third-order valence-electron chi connectivity index (χ3n) is 2.98. The van der Waals surface area contributed by atoms with Gasteiger partial charge in [-0.15, -0.1) is 0 Å². The maximum atomic E-state index is 12.2. The molecule has 0 unspecified atom stereocenters. The standard InChI is InChI=1S/C14H22N2O/c1-6-16(7-2)14(17)12-8-9-13(15(4)5)11(3)10-12/h8-10H,6-7H2,1-5H3. The Hall–Kier alpha value is -1.51. The first-order chi connectivity index (χ1) is 8.01. The number of hydrogen-bond acceptors (Lipinski definition) is 2. The molecule has 0 atom stereocenters. The van der Waals surface area contributed by atoms with E-state index in [1.807, 2.05) is 58.0 Å². The Labute approximate surface area is 104 Å². The summed E-state index contributed by atoms with van der Waals surface area (Å²) in [5.41, 5.74) is 3.06. The van der Waals surface area contributed by atoms with Crippen molar-refractivity contribution < 1.29 is 4.79 Å². The van der Waals surface area contributed by atoms with Crippen molar-refractivity contribution in [1.82, 2.24) is 4.90 Å². The predicted molar refractivity (Wildman–Crippen MR) is 72.8 cm³/mol. The fourth-order valence-electron chi connectivity index (χ4n) is 1.98. The fourth-order valence-corrected chi connectivity index (χ4v) is 1.98. The van der Waals surface area contributed by atoms with E-state index in [0.717, 1.165) is 29.9 Å². The lowest BCUT2D eigenvalue weighted by molar-refractivity contribution is 0.0773. The van der Waals surface area contributed by atoms with Crippen LogP contribution in [0.5, 0.6) is 0 Å². The van der Waals surface area contributed by atoms with Gasteiger partial charge in [0.15, 0.2) is 0 Å². The molecule has 0 bridgehead atoms. The first-order valence-electron chi connectivity index (χ1n) is 6.08. The number of nitrogens with zero attached hydrogens (tertiary/aromatic N) is 2. The van der Waals surface area contributed by atoms with E-state index in [1.165, 1.54) is 0 Å². The molecule has 0 fully saturated rings. The topological polar surface area (TPSA) is 23.6 Å². The van der Waals surface area contributed by atoms with Crippen molar-refractivity contribution in [3.05, 3.63) is 29.3 Å². The largest absolute Gasteiger partial charge is 0.377 e. The number of carbonyl (C=O) groups is 1. The van der Waals surface area contributed by atoms with Gasteiger partial charge in [0, 0.05) is 38.4 Å². The van der Waals surface area contributed by atoms with Crippen molar-refractivity contribution in [1.29, 1.82) is 0 Å². The molecule has 0 saturated carbocycles. The smallest absolute Gasteiger partial charge is 0.253 e. The van der Waals surface area contributed by atoms with Crippen molar-refractivity contribution in [3.8, 4) is 0 Å². The van der Waals surface area contributed by atoms with Gasteiger partial charge in [-0.2, -0.15) is 0 Å². The SMILES string of the molecule is CCN(CC)C(=O)c1ccc(N(C)C)c(C)c1. The van der Waals surface area contributed by atoms with E-state index in [2.05, 4.69) is 4.90 Å². The third-order valence-corrected chi connectivity index (χ3v) is 2.98. The van der Waals surface area contributed by atoms with E-state index in [1.54, 1.807) is 0 Å². The van der Waals surface area contributed by atoms with Gasteiger partial charge in [0.1, 0.15) is 0 Å². The number of aryl methyl sites for hydroxylation is 1. The Morgan fingerprint density at radius 1 is 1.18 bits per heavy atom. The lowest BCUT2D eigenvalue weighted by Gasteiger charge is -2.20. The molecule has 3 heteroatoms. The average molecular weight is 234 g/mol. The van der Waals surface area contributed by atoms with Gasteiger partial charge in [-0.1, -0.05) is 0 Å². The summed E-state index contributed by atoms with van der Waals surface area (Å²) < 4.78 is 0. The normalized spacial score (nSPS) is 10.2. The van der Waals surface area contributed by atoms with Crippen LogP contribution in [0.3, 0.4) is 0 Å². The molecule has 0 aromatic heterocycles. The Balaban J connectivity index is 3.01. The molecule has 1 aromatic carbocycles. The molecule has 0 saturated heterocycles. The van der Waals surface area contributed by atoms with Crippen LogP contribution in [0.2, 0.25) is 0 Å². The maximum absolute atomic E-state index is 12.2. The van der Waals surface area contributed by atoms with Crippen molar-refractivity contribution in [2.24, 2.45) is 0 Å². The summed E-state index contributed by atoms with van der Waals surface area (Å²) >= 11 is 0. The average Bonchev–Trinajstić information content (AvgIpc) is 2.29. The third kappa shape index (κ3) is 2.99. The second-order valence-electron chi connectivity index (χ2n) is 4.37. The summed E-state index contributed by atoms with van der Waals surface area (Å²) in [4.78, 5) is 16.0. The highest BCUT2D eigenvalue weighted by atomic mass is 16.2. The molecule has 94 valence electrons. The predicted octanol–water partition coefficient (Wildman–Crippen LogP) is 2.54. The van der Waals surface area contributed by atoms with E-state index in [-0.39, 0.29) is 5.91 Å². The Morgan fingerprint density at radius 3 is 2.18 bits per heavy atom. The number of carbonyl (C=O) groups excluding carboxylic acids is 1. The molecular formula is C14H22N2O. The number of anilines is 1. The zero-order chi connectivity index (χ0) is 13.0. The quantitative estimate of drug-likeness (QED) is 0.799. The van der Waals surface area contributed by atoms with Gasteiger partial charge in [0.05, 0.1) is 0 Å². The molecular weight excluding hydrogens is 212 g/mol.